The smallest absolute Gasteiger partial charge is 0.00672 e. The van der Waals surface area contributed by atoms with Crippen LogP contribution in [0.15, 0.2) is 0 Å². The van der Waals surface area contributed by atoms with Crippen molar-refractivity contribution in [2.45, 2.75) is 38.6 Å². The third-order valence-electron chi connectivity index (χ3n) is 2.87. The maximum atomic E-state index is 3.61. The Hall–Kier alpha value is -0.0800. The summed E-state index contributed by atoms with van der Waals surface area (Å²) >= 11 is 0. The van der Waals surface area contributed by atoms with E-state index >= 15 is 0 Å². The summed E-state index contributed by atoms with van der Waals surface area (Å²) in [6.45, 7) is 4.61. The SMILES string of the molecule is CCC(CNC)CNC1CCC1. The minimum atomic E-state index is 0.815. The van der Waals surface area contributed by atoms with Crippen molar-refractivity contribution in [2.24, 2.45) is 5.92 Å². The average Bonchev–Trinajstić information content (AvgIpc) is 2.00. The van der Waals surface area contributed by atoms with Crippen LogP contribution in [0.4, 0.5) is 0 Å². The molecule has 1 aliphatic carbocycles. The van der Waals surface area contributed by atoms with Crippen LogP contribution in [-0.2, 0) is 0 Å². The van der Waals surface area contributed by atoms with E-state index in [1.54, 1.807) is 0 Å². The first-order valence-electron chi connectivity index (χ1n) is 5.24. The highest BCUT2D eigenvalue weighted by Gasteiger charge is 2.17. The fourth-order valence-electron chi connectivity index (χ4n) is 1.60. The molecule has 0 radical (unpaired) electrons. The Morgan fingerprint density at radius 1 is 1.33 bits per heavy atom. The molecule has 0 spiro atoms. The summed E-state index contributed by atoms with van der Waals surface area (Å²) < 4.78 is 0. The molecule has 0 aliphatic heterocycles. The van der Waals surface area contributed by atoms with Gasteiger partial charge in [0, 0.05) is 6.04 Å². The van der Waals surface area contributed by atoms with Crippen molar-refractivity contribution in [3.63, 3.8) is 0 Å². The number of hydrogen-bond acceptors (Lipinski definition) is 2. The standard InChI is InChI=1S/C10H22N2/c1-3-9(7-11-2)8-12-10-5-4-6-10/h9-12H,3-8H2,1-2H3. The molecule has 1 aliphatic rings. The summed E-state index contributed by atoms with van der Waals surface area (Å²) in [4.78, 5) is 0. The monoisotopic (exact) mass is 170 g/mol. The lowest BCUT2D eigenvalue weighted by atomic mass is 9.92. The van der Waals surface area contributed by atoms with E-state index in [-0.39, 0.29) is 0 Å². The van der Waals surface area contributed by atoms with Gasteiger partial charge in [-0.1, -0.05) is 19.8 Å². The van der Waals surface area contributed by atoms with Crippen molar-refractivity contribution in [3.8, 4) is 0 Å². The second-order valence-corrected chi connectivity index (χ2v) is 3.87. The number of rotatable bonds is 6. The second-order valence-electron chi connectivity index (χ2n) is 3.87. The van der Waals surface area contributed by atoms with Gasteiger partial charge in [-0.3, -0.25) is 0 Å². The van der Waals surface area contributed by atoms with Crippen LogP contribution in [0.1, 0.15) is 32.6 Å². The molecule has 0 aromatic rings. The Morgan fingerprint density at radius 2 is 2.08 bits per heavy atom. The molecule has 1 saturated carbocycles. The van der Waals surface area contributed by atoms with Gasteiger partial charge in [-0.15, -0.1) is 0 Å². The van der Waals surface area contributed by atoms with Crippen LogP contribution < -0.4 is 10.6 Å². The second kappa shape index (κ2) is 5.55. The predicted molar refractivity (Wildman–Crippen MR) is 53.3 cm³/mol. The van der Waals surface area contributed by atoms with Crippen molar-refractivity contribution in [1.29, 1.82) is 0 Å². The van der Waals surface area contributed by atoms with E-state index in [0.717, 1.165) is 18.5 Å². The highest BCUT2D eigenvalue weighted by Crippen LogP contribution is 2.18. The molecular formula is C10H22N2. The maximum absolute atomic E-state index is 3.61. The highest BCUT2D eigenvalue weighted by atomic mass is 14.9. The zero-order chi connectivity index (χ0) is 8.81. The average molecular weight is 170 g/mol. The largest absolute Gasteiger partial charge is 0.319 e. The van der Waals surface area contributed by atoms with Gasteiger partial charge >= 0.3 is 0 Å². The molecule has 12 heavy (non-hydrogen) atoms. The molecule has 1 fully saturated rings. The van der Waals surface area contributed by atoms with E-state index in [1.165, 1.54) is 32.2 Å². The van der Waals surface area contributed by atoms with Gasteiger partial charge in [0.25, 0.3) is 0 Å². The Morgan fingerprint density at radius 3 is 2.50 bits per heavy atom. The van der Waals surface area contributed by atoms with E-state index in [4.69, 9.17) is 0 Å². The number of nitrogens with one attached hydrogen (secondary N) is 2. The Balaban J connectivity index is 2.01. The fourth-order valence-corrected chi connectivity index (χ4v) is 1.60. The van der Waals surface area contributed by atoms with Gasteiger partial charge in [0.05, 0.1) is 0 Å². The topological polar surface area (TPSA) is 24.1 Å². The van der Waals surface area contributed by atoms with Crippen molar-refractivity contribution < 1.29 is 0 Å². The minimum absolute atomic E-state index is 0.815. The van der Waals surface area contributed by atoms with Gasteiger partial charge in [-0.2, -0.15) is 0 Å². The molecule has 0 bridgehead atoms. The summed E-state index contributed by atoms with van der Waals surface area (Å²) in [5.41, 5.74) is 0. The van der Waals surface area contributed by atoms with Crippen molar-refractivity contribution in [3.05, 3.63) is 0 Å². The summed E-state index contributed by atoms with van der Waals surface area (Å²) in [5, 5.41) is 6.85. The van der Waals surface area contributed by atoms with Crippen LogP contribution >= 0.6 is 0 Å². The lowest BCUT2D eigenvalue weighted by molar-refractivity contribution is 0.311. The first-order chi connectivity index (χ1) is 5.86. The fraction of sp³-hybridized carbons (Fsp3) is 1.00. The summed E-state index contributed by atoms with van der Waals surface area (Å²) in [5.74, 6) is 0.815. The van der Waals surface area contributed by atoms with Crippen molar-refractivity contribution >= 4 is 0 Å². The first-order valence-corrected chi connectivity index (χ1v) is 5.24. The molecule has 0 amide bonds. The first kappa shape index (κ1) is 10.0. The van der Waals surface area contributed by atoms with Gasteiger partial charge in [-0.05, 0) is 38.9 Å². The van der Waals surface area contributed by atoms with Gasteiger partial charge in [0.2, 0.25) is 0 Å². The molecule has 0 aromatic heterocycles. The Labute approximate surface area is 76.1 Å². The van der Waals surface area contributed by atoms with E-state index < -0.39 is 0 Å². The van der Waals surface area contributed by atoms with Crippen LogP contribution in [0, 0.1) is 5.92 Å². The van der Waals surface area contributed by atoms with Crippen molar-refractivity contribution in [1.82, 2.24) is 10.6 Å². The van der Waals surface area contributed by atoms with E-state index in [0.29, 0.717) is 0 Å². The van der Waals surface area contributed by atoms with E-state index in [9.17, 15) is 0 Å². The molecule has 1 unspecified atom stereocenters. The Bertz CT molecular complexity index is 110. The van der Waals surface area contributed by atoms with Gasteiger partial charge < -0.3 is 10.6 Å². The zero-order valence-electron chi connectivity index (χ0n) is 8.40. The normalized spacial score (nSPS) is 20.5. The van der Waals surface area contributed by atoms with Crippen LogP contribution in [0.5, 0.6) is 0 Å². The molecular weight excluding hydrogens is 148 g/mol. The van der Waals surface area contributed by atoms with Crippen LogP contribution in [0.2, 0.25) is 0 Å². The van der Waals surface area contributed by atoms with Gasteiger partial charge in [0.15, 0.2) is 0 Å². The molecule has 1 rings (SSSR count). The molecule has 2 nitrogen and oxygen atoms in total. The van der Waals surface area contributed by atoms with E-state index in [1.807, 2.05) is 7.05 Å². The zero-order valence-corrected chi connectivity index (χ0v) is 8.40. The predicted octanol–water partition coefficient (Wildman–Crippen LogP) is 1.37. The van der Waals surface area contributed by atoms with E-state index in [2.05, 4.69) is 17.6 Å². The van der Waals surface area contributed by atoms with Crippen molar-refractivity contribution in [2.75, 3.05) is 20.1 Å². The summed E-state index contributed by atoms with van der Waals surface area (Å²) in [6.07, 6.45) is 5.51. The maximum Gasteiger partial charge on any atom is 0.00672 e. The molecule has 0 saturated heterocycles. The third-order valence-corrected chi connectivity index (χ3v) is 2.87. The lowest BCUT2D eigenvalue weighted by Crippen LogP contribution is -2.39. The Kier molecular flexibility index (Phi) is 4.62. The highest BCUT2D eigenvalue weighted by molar-refractivity contribution is 4.77. The number of hydrogen-bond donors (Lipinski definition) is 2. The molecule has 1 atom stereocenters. The summed E-state index contributed by atoms with van der Waals surface area (Å²) in [6, 6.07) is 0.843. The molecule has 72 valence electrons. The van der Waals surface area contributed by atoms with Gasteiger partial charge in [-0.25, -0.2) is 0 Å². The third kappa shape index (κ3) is 3.11. The van der Waals surface area contributed by atoms with Crippen LogP contribution in [0.3, 0.4) is 0 Å². The van der Waals surface area contributed by atoms with Gasteiger partial charge in [0.1, 0.15) is 0 Å². The quantitative estimate of drug-likeness (QED) is 0.629. The summed E-state index contributed by atoms with van der Waals surface area (Å²) in [7, 11) is 2.03. The minimum Gasteiger partial charge on any atom is -0.319 e. The molecule has 0 heterocycles. The molecule has 2 heteroatoms. The van der Waals surface area contributed by atoms with Crippen LogP contribution in [-0.4, -0.2) is 26.2 Å². The lowest BCUT2D eigenvalue weighted by Gasteiger charge is -2.28. The molecule has 2 N–H and O–H groups in total. The van der Waals surface area contributed by atoms with Crippen LogP contribution in [0.25, 0.3) is 0 Å². The molecule has 0 aromatic carbocycles.